The van der Waals surface area contributed by atoms with Gasteiger partial charge in [0, 0.05) is 11.4 Å². The molecule has 2 aromatic heterocycles. The van der Waals surface area contributed by atoms with Crippen LogP contribution < -0.4 is 0 Å². The number of aromatic nitrogens is 3. The van der Waals surface area contributed by atoms with Crippen molar-refractivity contribution in [2.75, 3.05) is 0 Å². The molecule has 16 heavy (non-hydrogen) atoms. The third kappa shape index (κ3) is 1.47. The van der Waals surface area contributed by atoms with Gasteiger partial charge in [-0.1, -0.05) is 0 Å². The zero-order valence-corrected chi connectivity index (χ0v) is 9.87. The molecule has 4 nitrogen and oxygen atoms in total. The van der Waals surface area contributed by atoms with Crippen LogP contribution in [0, 0.1) is 6.92 Å². The molecule has 1 atom stereocenters. The number of aliphatic hydroxyl groups is 1. The second-order valence-electron chi connectivity index (χ2n) is 4.10. The summed E-state index contributed by atoms with van der Waals surface area (Å²) in [6, 6.07) is 4.15. The van der Waals surface area contributed by atoms with Crippen LogP contribution in [0.2, 0.25) is 0 Å². The Morgan fingerprint density at radius 2 is 2.31 bits per heavy atom. The summed E-state index contributed by atoms with van der Waals surface area (Å²) >= 11 is 1.71. The van der Waals surface area contributed by atoms with Crippen LogP contribution in [0.3, 0.4) is 0 Å². The first kappa shape index (κ1) is 9.99. The van der Waals surface area contributed by atoms with E-state index < -0.39 is 6.10 Å². The molecule has 0 fully saturated rings. The second kappa shape index (κ2) is 3.68. The lowest BCUT2D eigenvalue weighted by atomic mass is 10.1. The monoisotopic (exact) mass is 235 g/mol. The van der Waals surface area contributed by atoms with Gasteiger partial charge in [0.25, 0.3) is 0 Å². The summed E-state index contributed by atoms with van der Waals surface area (Å²) in [7, 11) is 0. The lowest BCUT2D eigenvalue weighted by Crippen LogP contribution is -2.16. The van der Waals surface area contributed by atoms with Crippen LogP contribution in [0.5, 0.6) is 0 Å². The first-order chi connectivity index (χ1) is 7.75. The highest BCUT2D eigenvalue weighted by Crippen LogP contribution is 2.31. The molecule has 2 aromatic rings. The molecule has 0 bridgehead atoms. The van der Waals surface area contributed by atoms with E-state index in [1.165, 1.54) is 4.88 Å². The fourth-order valence-electron chi connectivity index (χ4n) is 2.09. The van der Waals surface area contributed by atoms with E-state index in [0.29, 0.717) is 5.82 Å². The largest absolute Gasteiger partial charge is 0.385 e. The standard InChI is InChI=1S/C11H13N3OS/c1-7-4-5-9(16-7)11-13-12-10-8(15)3-2-6-14(10)11/h4-5,8,15H,2-3,6H2,1H3. The smallest absolute Gasteiger partial charge is 0.174 e. The molecule has 5 heteroatoms. The molecule has 3 heterocycles. The van der Waals surface area contributed by atoms with Crippen molar-refractivity contribution >= 4 is 11.3 Å². The van der Waals surface area contributed by atoms with Crippen LogP contribution in [0.4, 0.5) is 0 Å². The summed E-state index contributed by atoms with van der Waals surface area (Å²) in [5.41, 5.74) is 0. The molecule has 0 saturated heterocycles. The third-order valence-electron chi connectivity index (χ3n) is 2.90. The Morgan fingerprint density at radius 1 is 1.44 bits per heavy atom. The lowest BCUT2D eigenvalue weighted by Gasteiger charge is -2.18. The van der Waals surface area contributed by atoms with E-state index in [4.69, 9.17) is 0 Å². The predicted molar refractivity (Wildman–Crippen MR) is 62.3 cm³/mol. The van der Waals surface area contributed by atoms with Crippen LogP contribution in [-0.4, -0.2) is 19.9 Å². The van der Waals surface area contributed by atoms with Gasteiger partial charge in [-0.05, 0) is 31.9 Å². The molecule has 0 saturated carbocycles. The van der Waals surface area contributed by atoms with Crippen LogP contribution in [-0.2, 0) is 6.54 Å². The van der Waals surface area contributed by atoms with E-state index in [1.807, 2.05) is 4.57 Å². The molecule has 0 amide bonds. The zero-order chi connectivity index (χ0) is 11.1. The molecule has 3 rings (SSSR count). The van der Waals surface area contributed by atoms with E-state index in [1.54, 1.807) is 11.3 Å². The van der Waals surface area contributed by atoms with E-state index in [-0.39, 0.29) is 0 Å². The maximum Gasteiger partial charge on any atom is 0.174 e. The Kier molecular flexibility index (Phi) is 2.29. The van der Waals surface area contributed by atoms with Gasteiger partial charge < -0.3 is 9.67 Å². The van der Waals surface area contributed by atoms with Gasteiger partial charge >= 0.3 is 0 Å². The van der Waals surface area contributed by atoms with E-state index >= 15 is 0 Å². The summed E-state index contributed by atoms with van der Waals surface area (Å²) in [5, 5.41) is 18.1. The quantitative estimate of drug-likeness (QED) is 0.824. The Morgan fingerprint density at radius 3 is 3.06 bits per heavy atom. The van der Waals surface area contributed by atoms with E-state index in [2.05, 4.69) is 29.3 Å². The lowest BCUT2D eigenvalue weighted by molar-refractivity contribution is 0.134. The maximum absolute atomic E-state index is 9.81. The average molecular weight is 235 g/mol. The van der Waals surface area contributed by atoms with Crippen LogP contribution >= 0.6 is 11.3 Å². The van der Waals surface area contributed by atoms with Crippen molar-refractivity contribution in [2.45, 2.75) is 32.4 Å². The number of nitrogens with zero attached hydrogens (tertiary/aromatic N) is 3. The number of fused-ring (bicyclic) bond motifs is 1. The summed E-state index contributed by atoms with van der Waals surface area (Å²) in [5.74, 6) is 1.61. The SMILES string of the molecule is Cc1ccc(-c2nnc3n2CCCC3O)s1. The molecular formula is C11H13N3OS. The Bertz CT molecular complexity index is 517. The average Bonchev–Trinajstić information content (AvgIpc) is 2.84. The molecule has 1 N–H and O–H groups in total. The fraction of sp³-hybridized carbons (Fsp3) is 0.455. The zero-order valence-electron chi connectivity index (χ0n) is 9.05. The third-order valence-corrected chi connectivity index (χ3v) is 3.89. The predicted octanol–water partition coefficient (Wildman–Crippen LogP) is 2.14. The first-order valence-electron chi connectivity index (χ1n) is 5.43. The highest BCUT2D eigenvalue weighted by Gasteiger charge is 2.24. The normalized spacial score (nSPS) is 19.8. The van der Waals surface area contributed by atoms with Crippen molar-refractivity contribution in [1.29, 1.82) is 0 Å². The number of thiophene rings is 1. The number of aliphatic hydroxyl groups excluding tert-OH is 1. The number of hydrogen-bond acceptors (Lipinski definition) is 4. The second-order valence-corrected chi connectivity index (χ2v) is 5.39. The van der Waals surface area contributed by atoms with Crippen LogP contribution in [0.1, 0.15) is 29.6 Å². The van der Waals surface area contributed by atoms with Gasteiger partial charge in [0.15, 0.2) is 11.6 Å². The van der Waals surface area contributed by atoms with Crippen molar-refractivity contribution in [2.24, 2.45) is 0 Å². The first-order valence-corrected chi connectivity index (χ1v) is 6.25. The van der Waals surface area contributed by atoms with Gasteiger partial charge in [-0.25, -0.2) is 0 Å². The van der Waals surface area contributed by atoms with E-state index in [9.17, 15) is 5.11 Å². The van der Waals surface area contributed by atoms with Crippen LogP contribution in [0.15, 0.2) is 12.1 Å². The molecule has 1 unspecified atom stereocenters. The summed E-state index contributed by atoms with van der Waals surface area (Å²) in [6.07, 6.45) is 1.33. The van der Waals surface area contributed by atoms with Gasteiger partial charge in [-0.2, -0.15) is 0 Å². The number of aryl methyl sites for hydroxylation is 1. The number of hydrogen-bond donors (Lipinski definition) is 1. The van der Waals surface area contributed by atoms with Gasteiger partial charge in [0.2, 0.25) is 0 Å². The maximum atomic E-state index is 9.81. The van der Waals surface area contributed by atoms with Crippen molar-refractivity contribution in [1.82, 2.24) is 14.8 Å². The minimum atomic E-state index is -0.448. The molecule has 0 aromatic carbocycles. The fourth-order valence-corrected chi connectivity index (χ4v) is 2.95. The van der Waals surface area contributed by atoms with Gasteiger partial charge in [0.1, 0.15) is 6.10 Å². The van der Waals surface area contributed by atoms with Crippen molar-refractivity contribution in [3.8, 4) is 10.7 Å². The van der Waals surface area contributed by atoms with Crippen LogP contribution in [0.25, 0.3) is 10.7 Å². The van der Waals surface area contributed by atoms with E-state index in [0.717, 1.165) is 30.1 Å². The topological polar surface area (TPSA) is 50.9 Å². The molecule has 1 aliphatic rings. The van der Waals surface area contributed by atoms with Gasteiger partial charge in [-0.3, -0.25) is 0 Å². The minimum absolute atomic E-state index is 0.448. The molecule has 1 aliphatic heterocycles. The molecule has 0 spiro atoms. The summed E-state index contributed by atoms with van der Waals surface area (Å²) in [6.45, 7) is 2.99. The summed E-state index contributed by atoms with van der Waals surface area (Å²) in [4.78, 5) is 2.40. The number of rotatable bonds is 1. The Balaban J connectivity index is 2.09. The highest BCUT2D eigenvalue weighted by atomic mass is 32.1. The highest BCUT2D eigenvalue weighted by molar-refractivity contribution is 7.15. The Hall–Kier alpha value is -1.20. The van der Waals surface area contributed by atoms with Crippen molar-refractivity contribution in [3.63, 3.8) is 0 Å². The van der Waals surface area contributed by atoms with Crippen molar-refractivity contribution in [3.05, 3.63) is 22.8 Å². The molecular weight excluding hydrogens is 222 g/mol. The molecule has 0 aliphatic carbocycles. The molecule has 0 radical (unpaired) electrons. The van der Waals surface area contributed by atoms with Crippen molar-refractivity contribution < 1.29 is 5.11 Å². The van der Waals surface area contributed by atoms with Gasteiger partial charge in [-0.15, -0.1) is 21.5 Å². The summed E-state index contributed by atoms with van der Waals surface area (Å²) < 4.78 is 2.04. The Labute approximate surface area is 97.6 Å². The molecule has 84 valence electrons. The van der Waals surface area contributed by atoms with Gasteiger partial charge in [0.05, 0.1) is 4.88 Å². The minimum Gasteiger partial charge on any atom is -0.385 e.